The summed E-state index contributed by atoms with van der Waals surface area (Å²) in [7, 11) is 1.32. The highest BCUT2D eigenvalue weighted by molar-refractivity contribution is 6.00. The third-order valence-electron chi connectivity index (χ3n) is 3.64. The Morgan fingerprint density at radius 1 is 1.39 bits per heavy atom. The van der Waals surface area contributed by atoms with Crippen molar-refractivity contribution < 1.29 is 14.3 Å². The Bertz CT molecular complexity index is 717. The quantitative estimate of drug-likeness (QED) is 0.779. The van der Waals surface area contributed by atoms with Crippen molar-refractivity contribution in [1.29, 1.82) is 0 Å². The van der Waals surface area contributed by atoms with Crippen LogP contribution in [0.15, 0.2) is 6.20 Å². The van der Waals surface area contributed by atoms with Crippen LogP contribution < -0.4 is 5.32 Å². The van der Waals surface area contributed by atoms with Gasteiger partial charge in [-0.15, -0.1) is 5.10 Å². The number of ether oxygens (including phenoxy) is 1. The fourth-order valence-corrected chi connectivity index (χ4v) is 2.36. The first kappa shape index (κ1) is 16.7. The van der Waals surface area contributed by atoms with Crippen LogP contribution in [-0.2, 0) is 24.2 Å². The van der Waals surface area contributed by atoms with Crippen molar-refractivity contribution >= 4 is 11.9 Å². The van der Waals surface area contributed by atoms with E-state index in [0.29, 0.717) is 34.6 Å². The minimum Gasteiger partial charge on any atom is -0.465 e. The minimum atomic E-state index is -0.444. The Balaban J connectivity index is 2.15. The van der Waals surface area contributed by atoms with Crippen LogP contribution in [0.3, 0.4) is 0 Å². The molecule has 124 valence electrons. The highest BCUT2D eigenvalue weighted by atomic mass is 16.5. The molecular formula is C15H21N5O3. The summed E-state index contributed by atoms with van der Waals surface area (Å²) in [4.78, 5) is 27.2. The van der Waals surface area contributed by atoms with Gasteiger partial charge in [0.2, 0.25) is 0 Å². The van der Waals surface area contributed by atoms with Gasteiger partial charge in [-0.1, -0.05) is 12.1 Å². The molecule has 0 fully saturated rings. The molecule has 0 aromatic carbocycles. The zero-order valence-corrected chi connectivity index (χ0v) is 13.8. The van der Waals surface area contributed by atoms with E-state index in [-0.39, 0.29) is 12.5 Å². The molecule has 2 heterocycles. The number of nitrogens with one attached hydrogen (secondary N) is 2. The molecule has 0 saturated heterocycles. The van der Waals surface area contributed by atoms with Crippen molar-refractivity contribution in [3.05, 3.63) is 34.4 Å². The number of esters is 1. The van der Waals surface area contributed by atoms with Crippen LogP contribution in [0, 0.1) is 6.92 Å². The number of aromatic nitrogens is 4. The van der Waals surface area contributed by atoms with E-state index in [1.807, 2.05) is 13.8 Å². The number of carbonyl (C=O) groups excluding carboxylic acids is 2. The maximum Gasteiger partial charge on any atom is 0.339 e. The number of rotatable bonds is 6. The summed E-state index contributed by atoms with van der Waals surface area (Å²) in [5.41, 5.74) is 2.75. The Kier molecular flexibility index (Phi) is 5.15. The molecule has 0 aliphatic rings. The maximum absolute atomic E-state index is 12.4. The molecule has 0 bridgehead atoms. The Morgan fingerprint density at radius 3 is 2.70 bits per heavy atom. The van der Waals surface area contributed by atoms with E-state index in [1.165, 1.54) is 7.11 Å². The van der Waals surface area contributed by atoms with E-state index in [2.05, 4.69) is 20.6 Å². The number of aromatic amines is 1. The lowest BCUT2D eigenvalue weighted by molar-refractivity contribution is 0.0599. The lowest BCUT2D eigenvalue weighted by Gasteiger charge is -2.03. The fraction of sp³-hybridized carbons (Fsp3) is 0.467. The number of aryl methyl sites for hydroxylation is 2. The Labute approximate surface area is 134 Å². The zero-order chi connectivity index (χ0) is 17.0. The highest BCUT2D eigenvalue weighted by Gasteiger charge is 2.23. The van der Waals surface area contributed by atoms with Crippen LogP contribution in [0.4, 0.5) is 0 Å². The second-order valence-electron chi connectivity index (χ2n) is 5.07. The molecule has 0 aliphatic carbocycles. The number of amides is 1. The summed E-state index contributed by atoms with van der Waals surface area (Å²) in [5.74, 6) is -0.737. The van der Waals surface area contributed by atoms with Gasteiger partial charge in [0.25, 0.3) is 5.91 Å². The molecule has 0 unspecified atom stereocenters. The summed E-state index contributed by atoms with van der Waals surface area (Å²) in [6, 6.07) is 0. The monoisotopic (exact) mass is 319 g/mol. The van der Waals surface area contributed by atoms with E-state index < -0.39 is 5.97 Å². The number of carbonyl (C=O) groups is 2. The average molecular weight is 319 g/mol. The van der Waals surface area contributed by atoms with Crippen LogP contribution in [0.25, 0.3) is 0 Å². The molecule has 23 heavy (non-hydrogen) atoms. The summed E-state index contributed by atoms with van der Waals surface area (Å²) in [6.45, 7) is 6.58. The molecule has 0 aliphatic heterocycles. The highest BCUT2D eigenvalue weighted by Crippen LogP contribution is 2.20. The van der Waals surface area contributed by atoms with Crippen molar-refractivity contribution in [3.8, 4) is 0 Å². The second kappa shape index (κ2) is 7.08. The summed E-state index contributed by atoms with van der Waals surface area (Å²) >= 11 is 0. The largest absolute Gasteiger partial charge is 0.465 e. The fourth-order valence-electron chi connectivity index (χ4n) is 2.36. The van der Waals surface area contributed by atoms with Crippen LogP contribution in [0.2, 0.25) is 0 Å². The van der Waals surface area contributed by atoms with Crippen LogP contribution in [0.1, 0.15) is 51.6 Å². The van der Waals surface area contributed by atoms with Crippen molar-refractivity contribution in [2.24, 2.45) is 0 Å². The molecule has 2 aromatic rings. The minimum absolute atomic E-state index is 0.270. The molecule has 8 nitrogen and oxygen atoms in total. The van der Waals surface area contributed by atoms with Gasteiger partial charge in [-0.2, -0.15) is 0 Å². The average Bonchev–Trinajstić information content (AvgIpc) is 3.15. The molecule has 0 radical (unpaired) electrons. The van der Waals surface area contributed by atoms with E-state index in [4.69, 9.17) is 4.74 Å². The van der Waals surface area contributed by atoms with Gasteiger partial charge in [0.1, 0.15) is 11.4 Å². The summed E-state index contributed by atoms with van der Waals surface area (Å²) in [6.07, 6.45) is 2.38. The number of hydrogen-bond acceptors (Lipinski definition) is 5. The predicted molar refractivity (Wildman–Crippen MR) is 83.1 cm³/mol. The molecule has 0 atom stereocenters. The molecule has 2 rings (SSSR count). The number of nitrogens with zero attached hydrogens (tertiary/aromatic N) is 3. The summed E-state index contributed by atoms with van der Waals surface area (Å²) in [5, 5.41) is 10.7. The first-order valence-corrected chi connectivity index (χ1v) is 7.48. The van der Waals surface area contributed by atoms with Gasteiger partial charge >= 0.3 is 5.97 Å². The topological polar surface area (TPSA) is 102 Å². The molecular weight excluding hydrogens is 298 g/mol. The molecule has 0 saturated carbocycles. The van der Waals surface area contributed by atoms with Crippen molar-refractivity contribution in [3.63, 3.8) is 0 Å². The van der Waals surface area contributed by atoms with Gasteiger partial charge in [-0.05, 0) is 25.8 Å². The molecule has 2 N–H and O–H groups in total. The number of H-pyrrole nitrogens is 1. The maximum atomic E-state index is 12.4. The third-order valence-corrected chi connectivity index (χ3v) is 3.64. The molecule has 1 amide bonds. The van der Waals surface area contributed by atoms with Gasteiger partial charge in [-0.3, -0.25) is 9.48 Å². The zero-order valence-electron chi connectivity index (χ0n) is 13.8. The Morgan fingerprint density at radius 2 is 2.13 bits per heavy atom. The lowest BCUT2D eigenvalue weighted by Crippen LogP contribution is -2.24. The van der Waals surface area contributed by atoms with Crippen LogP contribution >= 0.6 is 0 Å². The van der Waals surface area contributed by atoms with Gasteiger partial charge in [0.05, 0.1) is 25.4 Å². The van der Waals surface area contributed by atoms with E-state index in [1.54, 1.807) is 17.8 Å². The molecule has 0 spiro atoms. The van der Waals surface area contributed by atoms with Gasteiger partial charge in [0, 0.05) is 12.2 Å². The standard InChI is InChI=1S/C15H21N5O3/c1-5-11-12(15(22)23-4)9(3)13(17-11)14(21)16-7-10-8-20(6-2)19-18-10/h8,17H,5-7H2,1-4H3,(H,16,21). The van der Waals surface area contributed by atoms with E-state index in [9.17, 15) is 9.59 Å². The number of hydrogen-bond donors (Lipinski definition) is 2. The first-order chi connectivity index (χ1) is 11.0. The third kappa shape index (κ3) is 3.41. The molecule has 8 heteroatoms. The van der Waals surface area contributed by atoms with Crippen molar-refractivity contribution in [1.82, 2.24) is 25.3 Å². The van der Waals surface area contributed by atoms with Gasteiger partial charge in [0.15, 0.2) is 0 Å². The van der Waals surface area contributed by atoms with Crippen LogP contribution in [0.5, 0.6) is 0 Å². The first-order valence-electron chi connectivity index (χ1n) is 7.48. The van der Waals surface area contributed by atoms with E-state index >= 15 is 0 Å². The van der Waals surface area contributed by atoms with Crippen molar-refractivity contribution in [2.45, 2.75) is 40.3 Å². The predicted octanol–water partition coefficient (Wildman–Crippen LogP) is 1.21. The lowest BCUT2D eigenvalue weighted by atomic mass is 10.1. The van der Waals surface area contributed by atoms with Gasteiger partial charge in [-0.25, -0.2) is 4.79 Å². The van der Waals surface area contributed by atoms with Crippen molar-refractivity contribution in [2.75, 3.05) is 7.11 Å². The summed E-state index contributed by atoms with van der Waals surface area (Å²) < 4.78 is 6.47. The van der Waals surface area contributed by atoms with E-state index in [0.717, 1.165) is 6.54 Å². The van der Waals surface area contributed by atoms with Crippen LogP contribution in [-0.4, -0.2) is 39.0 Å². The second-order valence-corrected chi connectivity index (χ2v) is 5.07. The number of methoxy groups -OCH3 is 1. The smallest absolute Gasteiger partial charge is 0.339 e. The SMILES string of the molecule is CCc1[nH]c(C(=O)NCc2cn(CC)nn2)c(C)c1C(=O)OC. The molecule has 2 aromatic heterocycles. The normalized spacial score (nSPS) is 10.6. The Hall–Kier alpha value is -2.64. The van der Waals surface area contributed by atoms with Gasteiger partial charge < -0.3 is 15.0 Å².